The van der Waals surface area contributed by atoms with E-state index in [1.165, 1.54) is 0 Å². The average Bonchev–Trinajstić information content (AvgIpc) is 2.31. The van der Waals surface area contributed by atoms with Gasteiger partial charge in [-0.3, -0.25) is 0 Å². The van der Waals surface area contributed by atoms with Gasteiger partial charge in [-0.05, 0) is 36.5 Å². The number of ether oxygens (including phenoxy) is 1. The van der Waals surface area contributed by atoms with Crippen molar-refractivity contribution in [2.24, 2.45) is 5.41 Å². The Balaban J connectivity index is 2.44. The van der Waals surface area contributed by atoms with Crippen molar-refractivity contribution in [3.63, 3.8) is 0 Å². The summed E-state index contributed by atoms with van der Waals surface area (Å²) in [6.45, 7) is 9.95. The molecule has 0 aromatic heterocycles. The lowest BCUT2D eigenvalue weighted by molar-refractivity contribution is 0.119. The number of benzene rings is 1. The van der Waals surface area contributed by atoms with Gasteiger partial charge in [0.2, 0.25) is 0 Å². The van der Waals surface area contributed by atoms with Gasteiger partial charge in [-0.25, -0.2) is 0 Å². The van der Waals surface area contributed by atoms with Crippen molar-refractivity contribution in [1.29, 1.82) is 0 Å². The summed E-state index contributed by atoms with van der Waals surface area (Å²) >= 11 is 0. The minimum absolute atomic E-state index is 0.127. The second-order valence-electron chi connectivity index (χ2n) is 6.28. The lowest BCUT2D eigenvalue weighted by Gasteiger charge is -2.22. The first-order chi connectivity index (χ1) is 9.31. The van der Waals surface area contributed by atoms with Gasteiger partial charge >= 0.3 is 0 Å². The van der Waals surface area contributed by atoms with Crippen molar-refractivity contribution in [3.8, 4) is 11.5 Å². The van der Waals surface area contributed by atoms with Gasteiger partial charge in [0.15, 0.2) is 11.5 Å². The van der Waals surface area contributed by atoms with Crippen LogP contribution in [0.3, 0.4) is 0 Å². The predicted octanol–water partition coefficient (Wildman–Crippen LogP) is 2.68. The van der Waals surface area contributed by atoms with E-state index >= 15 is 0 Å². The monoisotopic (exact) mass is 281 g/mol. The maximum atomic E-state index is 9.92. The molecular weight excluding hydrogens is 254 g/mol. The molecule has 1 aromatic carbocycles. The molecule has 0 saturated carbocycles. The standard InChI is InChI=1S/C16H27NO3/c1-5-20-15-8-12(6-7-14(15)19)10-17-11-13(18)9-16(2,3)4/h6-8,13,17-19H,5,9-11H2,1-4H3. The fourth-order valence-electron chi connectivity index (χ4n) is 2.10. The minimum Gasteiger partial charge on any atom is -0.504 e. The van der Waals surface area contributed by atoms with E-state index in [4.69, 9.17) is 4.74 Å². The highest BCUT2D eigenvalue weighted by atomic mass is 16.5. The number of nitrogens with one attached hydrogen (secondary N) is 1. The Bertz CT molecular complexity index is 413. The first-order valence-corrected chi connectivity index (χ1v) is 7.15. The van der Waals surface area contributed by atoms with Gasteiger partial charge in [0, 0.05) is 13.1 Å². The van der Waals surface area contributed by atoms with Crippen LogP contribution in [0.15, 0.2) is 18.2 Å². The summed E-state index contributed by atoms with van der Waals surface area (Å²) in [7, 11) is 0. The normalized spacial score (nSPS) is 13.2. The summed E-state index contributed by atoms with van der Waals surface area (Å²) < 4.78 is 5.34. The van der Waals surface area contributed by atoms with Crippen LogP contribution in [0, 0.1) is 5.41 Å². The van der Waals surface area contributed by atoms with Crippen LogP contribution in [0.2, 0.25) is 0 Å². The summed E-state index contributed by atoms with van der Waals surface area (Å²) in [5.41, 5.74) is 1.15. The molecule has 0 heterocycles. The molecular formula is C16H27NO3. The third-order valence-corrected chi connectivity index (χ3v) is 2.88. The van der Waals surface area contributed by atoms with E-state index in [9.17, 15) is 10.2 Å². The largest absolute Gasteiger partial charge is 0.504 e. The number of hydrogen-bond acceptors (Lipinski definition) is 4. The van der Waals surface area contributed by atoms with Crippen molar-refractivity contribution < 1.29 is 14.9 Å². The number of rotatable bonds is 7. The van der Waals surface area contributed by atoms with Crippen LogP contribution in [-0.4, -0.2) is 29.5 Å². The van der Waals surface area contributed by atoms with Gasteiger partial charge in [-0.15, -0.1) is 0 Å². The molecule has 1 aromatic rings. The van der Waals surface area contributed by atoms with Crippen LogP contribution in [-0.2, 0) is 6.54 Å². The smallest absolute Gasteiger partial charge is 0.161 e. The van der Waals surface area contributed by atoms with Crippen molar-refractivity contribution in [3.05, 3.63) is 23.8 Å². The predicted molar refractivity (Wildman–Crippen MR) is 81.1 cm³/mol. The Morgan fingerprint density at radius 1 is 1.30 bits per heavy atom. The molecule has 0 aliphatic carbocycles. The third kappa shape index (κ3) is 6.26. The molecule has 0 fully saturated rings. The molecule has 3 N–H and O–H groups in total. The lowest BCUT2D eigenvalue weighted by Crippen LogP contribution is -2.29. The number of aliphatic hydroxyl groups excluding tert-OH is 1. The number of hydrogen-bond donors (Lipinski definition) is 3. The molecule has 0 aliphatic rings. The zero-order valence-corrected chi connectivity index (χ0v) is 12.9. The van der Waals surface area contributed by atoms with Crippen molar-refractivity contribution >= 4 is 0 Å². The summed E-state index contributed by atoms with van der Waals surface area (Å²) in [6.07, 6.45) is 0.415. The molecule has 0 aliphatic heterocycles. The molecule has 0 spiro atoms. The van der Waals surface area contributed by atoms with E-state index in [0.717, 1.165) is 12.0 Å². The Kier molecular flexibility index (Phi) is 6.30. The fraction of sp³-hybridized carbons (Fsp3) is 0.625. The maximum absolute atomic E-state index is 9.92. The zero-order chi connectivity index (χ0) is 15.2. The summed E-state index contributed by atoms with van der Waals surface area (Å²) in [6, 6.07) is 5.30. The minimum atomic E-state index is -0.349. The van der Waals surface area contributed by atoms with Gasteiger partial charge in [0.25, 0.3) is 0 Å². The quantitative estimate of drug-likeness (QED) is 0.719. The Morgan fingerprint density at radius 3 is 2.60 bits per heavy atom. The van der Waals surface area contributed by atoms with E-state index in [1.54, 1.807) is 6.07 Å². The second-order valence-corrected chi connectivity index (χ2v) is 6.28. The van der Waals surface area contributed by atoms with Crippen LogP contribution in [0.25, 0.3) is 0 Å². The van der Waals surface area contributed by atoms with Gasteiger partial charge in [-0.2, -0.15) is 0 Å². The highest BCUT2D eigenvalue weighted by Gasteiger charge is 2.16. The number of aliphatic hydroxyl groups is 1. The second kappa shape index (κ2) is 7.50. The summed E-state index contributed by atoms with van der Waals surface area (Å²) in [4.78, 5) is 0. The van der Waals surface area contributed by atoms with E-state index in [0.29, 0.717) is 25.4 Å². The van der Waals surface area contributed by atoms with Crippen LogP contribution in [0.1, 0.15) is 39.7 Å². The summed E-state index contributed by atoms with van der Waals surface area (Å²) in [5.74, 6) is 0.658. The van der Waals surface area contributed by atoms with Crippen LogP contribution < -0.4 is 10.1 Å². The lowest BCUT2D eigenvalue weighted by atomic mass is 9.89. The molecule has 114 valence electrons. The highest BCUT2D eigenvalue weighted by molar-refractivity contribution is 5.41. The molecule has 4 heteroatoms. The average molecular weight is 281 g/mol. The van der Waals surface area contributed by atoms with Gasteiger partial charge < -0.3 is 20.3 Å². The van der Waals surface area contributed by atoms with Gasteiger partial charge in [0.05, 0.1) is 12.7 Å². The summed E-state index contributed by atoms with van der Waals surface area (Å²) in [5, 5.41) is 22.8. The topological polar surface area (TPSA) is 61.7 Å². The first-order valence-electron chi connectivity index (χ1n) is 7.15. The van der Waals surface area contributed by atoms with E-state index in [-0.39, 0.29) is 17.3 Å². The van der Waals surface area contributed by atoms with E-state index < -0.39 is 0 Å². The SMILES string of the molecule is CCOc1cc(CNCC(O)CC(C)(C)C)ccc1O. The molecule has 1 rings (SSSR count). The molecule has 4 nitrogen and oxygen atoms in total. The van der Waals surface area contributed by atoms with Crippen molar-refractivity contribution in [2.45, 2.75) is 46.8 Å². The van der Waals surface area contributed by atoms with E-state index in [1.807, 2.05) is 19.1 Å². The molecule has 1 unspecified atom stereocenters. The van der Waals surface area contributed by atoms with Gasteiger partial charge in [-0.1, -0.05) is 26.8 Å². The molecule has 0 saturated heterocycles. The molecule has 0 bridgehead atoms. The Hall–Kier alpha value is -1.26. The van der Waals surface area contributed by atoms with E-state index in [2.05, 4.69) is 26.1 Å². The van der Waals surface area contributed by atoms with Crippen molar-refractivity contribution in [1.82, 2.24) is 5.32 Å². The molecule has 0 amide bonds. The zero-order valence-electron chi connectivity index (χ0n) is 12.9. The molecule has 20 heavy (non-hydrogen) atoms. The van der Waals surface area contributed by atoms with Crippen molar-refractivity contribution in [2.75, 3.05) is 13.2 Å². The fourth-order valence-corrected chi connectivity index (χ4v) is 2.10. The first kappa shape index (κ1) is 16.8. The number of aromatic hydroxyl groups is 1. The molecule has 1 atom stereocenters. The highest BCUT2D eigenvalue weighted by Crippen LogP contribution is 2.26. The Morgan fingerprint density at radius 2 is 2.00 bits per heavy atom. The Labute approximate surface area is 121 Å². The number of phenols is 1. The van der Waals surface area contributed by atoms with Crippen LogP contribution in [0.4, 0.5) is 0 Å². The van der Waals surface area contributed by atoms with Gasteiger partial charge in [0.1, 0.15) is 0 Å². The third-order valence-electron chi connectivity index (χ3n) is 2.88. The maximum Gasteiger partial charge on any atom is 0.161 e. The molecule has 0 radical (unpaired) electrons. The van der Waals surface area contributed by atoms with Crippen LogP contribution >= 0.6 is 0 Å². The number of phenolic OH excluding ortho intramolecular Hbond substituents is 1. The van der Waals surface area contributed by atoms with Crippen LogP contribution in [0.5, 0.6) is 11.5 Å².